The average Bonchev–Trinajstić information content (AvgIpc) is 2.38. The fourth-order valence-corrected chi connectivity index (χ4v) is 2.37. The number of halogens is 1. The van der Waals surface area contributed by atoms with Gasteiger partial charge in [0.15, 0.2) is 0 Å². The molecule has 0 aliphatic rings. The first-order valence-corrected chi connectivity index (χ1v) is 6.57. The molecule has 1 unspecified atom stereocenters. The number of aryl methyl sites for hydroxylation is 1. The minimum absolute atomic E-state index is 0.311. The van der Waals surface area contributed by atoms with Gasteiger partial charge in [0.1, 0.15) is 5.82 Å². The average molecular weight is 258 g/mol. The van der Waals surface area contributed by atoms with Gasteiger partial charge in [0.25, 0.3) is 0 Å². The molecule has 0 amide bonds. The summed E-state index contributed by atoms with van der Waals surface area (Å²) >= 11 is 0. The van der Waals surface area contributed by atoms with E-state index in [2.05, 4.69) is 6.07 Å². The molecular formula is C17H19FO. The molecule has 0 aromatic heterocycles. The molecule has 1 N–H and O–H groups in total. The van der Waals surface area contributed by atoms with Crippen LogP contribution in [0.1, 0.15) is 30.0 Å². The summed E-state index contributed by atoms with van der Waals surface area (Å²) < 4.78 is 13.3. The molecule has 2 aromatic carbocycles. The maximum atomic E-state index is 13.3. The third-order valence-corrected chi connectivity index (χ3v) is 3.53. The lowest BCUT2D eigenvalue weighted by atomic mass is 9.85. The van der Waals surface area contributed by atoms with Crippen LogP contribution in [0.15, 0.2) is 48.5 Å². The van der Waals surface area contributed by atoms with E-state index >= 15 is 0 Å². The predicted molar refractivity (Wildman–Crippen MR) is 75.5 cm³/mol. The van der Waals surface area contributed by atoms with Crippen LogP contribution in [0.3, 0.4) is 0 Å². The smallest absolute Gasteiger partial charge is 0.123 e. The first kappa shape index (κ1) is 13.8. The van der Waals surface area contributed by atoms with Crippen molar-refractivity contribution in [2.24, 2.45) is 0 Å². The lowest BCUT2D eigenvalue weighted by Crippen LogP contribution is -2.27. The predicted octanol–water partition coefficient (Wildman–Crippen LogP) is 3.97. The zero-order valence-electron chi connectivity index (χ0n) is 11.4. The van der Waals surface area contributed by atoms with Crippen molar-refractivity contribution >= 4 is 0 Å². The molecular weight excluding hydrogens is 239 g/mol. The first-order chi connectivity index (χ1) is 9.03. The molecule has 0 radical (unpaired) electrons. The van der Waals surface area contributed by atoms with Crippen molar-refractivity contribution in [3.8, 4) is 0 Å². The van der Waals surface area contributed by atoms with Gasteiger partial charge in [0, 0.05) is 6.42 Å². The summed E-state index contributed by atoms with van der Waals surface area (Å²) in [5.41, 5.74) is 1.84. The normalized spacial score (nSPS) is 14.1. The van der Waals surface area contributed by atoms with Gasteiger partial charge in [0.05, 0.1) is 5.60 Å². The molecule has 0 spiro atoms. The fourth-order valence-electron chi connectivity index (χ4n) is 2.37. The van der Waals surface area contributed by atoms with E-state index in [9.17, 15) is 9.50 Å². The van der Waals surface area contributed by atoms with Gasteiger partial charge >= 0.3 is 0 Å². The minimum atomic E-state index is -1.02. The highest BCUT2D eigenvalue weighted by molar-refractivity contribution is 5.29. The second-order valence-electron chi connectivity index (χ2n) is 5.06. The van der Waals surface area contributed by atoms with Crippen LogP contribution in [0, 0.1) is 12.7 Å². The molecule has 19 heavy (non-hydrogen) atoms. The van der Waals surface area contributed by atoms with Gasteiger partial charge in [-0.2, -0.15) is 0 Å². The summed E-state index contributed by atoms with van der Waals surface area (Å²) in [6.45, 7) is 3.94. The van der Waals surface area contributed by atoms with Crippen LogP contribution in [-0.2, 0) is 12.0 Å². The van der Waals surface area contributed by atoms with Gasteiger partial charge in [-0.15, -0.1) is 0 Å². The standard InChI is InChI=1S/C17H19FO/c1-3-17(19,15-8-5-9-16(18)11-15)12-14-7-4-6-13(2)10-14/h4-11,19H,3,12H2,1-2H3. The quantitative estimate of drug-likeness (QED) is 0.879. The highest BCUT2D eigenvalue weighted by atomic mass is 19.1. The van der Waals surface area contributed by atoms with Gasteiger partial charge in [0.2, 0.25) is 0 Å². The molecule has 0 aliphatic carbocycles. The molecule has 0 aliphatic heterocycles. The molecule has 1 nitrogen and oxygen atoms in total. The van der Waals surface area contributed by atoms with Crippen LogP contribution < -0.4 is 0 Å². The van der Waals surface area contributed by atoms with E-state index in [-0.39, 0.29) is 5.82 Å². The Kier molecular flexibility index (Phi) is 4.01. The topological polar surface area (TPSA) is 20.2 Å². The van der Waals surface area contributed by atoms with Crippen LogP contribution in [0.5, 0.6) is 0 Å². The van der Waals surface area contributed by atoms with Crippen LogP contribution in [-0.4, -0.2) is 5.11 Å². The summed E-state index contributed by atoms with van der Waals surface area (Å²) in [5, 5.41) is 10.8. The van der Waals surface area contributed by atoms with Crippen molar-refractivity contribution in [3.05, 3.63) is 71.0 Å². The molecule has 2 aromatic rings. The lowest BCUT2D eigenvalue weighted by Gasteiger charge is -2.27. The molecule has 0 heterocycles. The zero-order valence-corrected chi connectivity index (χ0v) is 11.4. The summed E-state index contributed by atoms with van der Waals surface area (Å²) in [6.07, 6.45) is 1.04. The number of aliphatic hydroxyl groups is 1. The van der Waals surface area contributed by atoms with Gasteiger partial charge in [-0.25, -0.2) is 4.39 Å². The molecule has 0 fully saturated rings. The summed E-state index contributed by atoms with van der Waals surface area (Å²) in [5.74, 6) is -0.311. The van der Waals surface area contributed by atoms with Crippen LogP contribution in [0.2, 0.25) is 0 Å². The maximum Gasteiger partial charge on any atom is 0.123 e. The van der Waals surface area contributed by atoms with E-state index in [1.807, 2.05) is 32.0 Å². The fraction of sp³-hybridized carbons (Fsp3) is 0.294. The Labute approximate surface area is 113 Å². The monoisotopic (exact) mass is 258 g/mol. The Morgan fingerprint density at radius 2 is 1.84 bits per heavy atom. The van der Waals surface area contributed by atoms with Gasteiger partial charge in [-0.3, -0.25) is 0 Å². The number of hydrogen-bond donors (Lipinski definition) is 1. The highest BCUT2D eigenvalue weighted by Crippen LogP contribution is 2.29. The Bertz CT molecular complexity index is 565. The van der Waals surface area contributed by atoms with E-state index in [1.54, 1.807) is 12.1 Å². The second-order valence-corrected chi connectivity index (χ2v) is 5.06. The number of hydrogen-bond acceptors (Lipinski definition) is 1. The van der Waals surface area contributed by atoms with Crippen molar-refractivity contribution in [1.82, 2.24) is 0 Å². The molecule has 0 bridgehead atoms. The number of rotatable bonds is 4. The van der Waals surface area contributed by atoms with Gasteiger partial charge in [-0.1, -0.05) is 48.9 Å². The summed E-state index contributed by atoms with van der Waals surface area (Å²) in [6, 6.07) is 14.3. The largest absolute Gasteiger partial charge is 0.385 e. The van der Waals surface area contributed by atoms with E-state index in [0.717, 1.165) is 11.1 Å². The van der Waals surface area contributed by atoms with Crippen LogP contribution in [0.4, 0.5) is 4.39 Å². The molecule has 0 saturated heterocycles. The van der Waals surface area contributed by atoms with E-state index in [4.69, 9.17) is 0 Å². The third kappa shape index (κ3) is 3.21. The van der Waals surface area contributed by atoms with Crippen LogP contribution >= 0.6 is 0 Å². The van der Waals surface area contributed by atoms with Crippen molar-refractivity contribution in [2.45, 2.75) is 32.3 Å². The molecule has 1 atom stereocenters. The zero-order chi connectivity index (χ0) is 13.9. The molecule has 0 saturated carbocycles. The van der Waals surface area contributed by atoms with Crippen LogP contribution in [0.25, 0.3) is 0 Å². The number of benzene rings is 2. The van der Waals surface area contributed by atoms with Crippen molar-refractivity contribution < 1.29 is 9.50 Å². The SMILES string of the molecule is CCC(O)(Cc1cccc(C)c1)c1cccc(F)c1. The lowest BCUT2D eigenvalue weighted by molar-refractivity contribution is 0.0324. The second kappa shape index (κ2) is 5.54. The van der Waals surface area contributed by atoms with Crippen molar-refractivity contribution in [2.75, 3.05) is 0 Å². The Morgan fingerprint density at radius 3 is 2.47 bits per heavy atom. The van der Waals surface area contributed by atoms with E-state index < -0.39 is 5.60 Å². The third-order valence-electron chi connectivity index (χ3n) is 3.53. The Hall–Kier alpha value is -1.67. The van der Waals surface area contributed by atoms with E-state index in [1.165, 1.54) is 12.1 Å². The molecule has 2 rings (SSSR count). The Morgan fingerprint density at radius 1 is 1.11 bits per heavy atom. The van der Waals surface area contributed by atoms with Crippen molar-refractivity contribution in [3.63, 3.8) is 0 Å². The van der Waals surface area contributed by atoms with Crippen molar-refractivity contribution in [1.29, 1.82) is 0 Å². The minimum Gasteiger partial charge on any atom is -0.385 e. The van der Waals surface area contributed by atoms with E-state index in [0.29, 0.717) is 18.4 Å². The van der Waals surface area contributed by atoms with Gasteiger partial charge in [-0.05, 0) is 36.6 Å². The molecule has 2 heteroatoms. The summed E-state index contributed by atoms with van der Waals surface area (Å²) in [4.78, 5) is 0. The molecule has 100 valence electrons. The highest BCUT2D eigenvalue weighted by Gasteiger charge is 2.27. The summed E-state index contributed by atoms with van der Waals surface area (Å²) in [7, 11) is 0. The van der Waals surface area contributed by atoms with Gasteiger partial charge < -0.3 is 5.11 Å². The maximum absolute atomic E-state index is 13.3. The first-order valence-electron chi connectivity index (χ1n) is 6.57. The Balaban J connectivity index is 2.32.